The number of anilines is 1. The van der Waals surface area contributed by atoms with Crippen LogP contribution >= 0.6 is 0 Å². The van der Waals surface area contributed by atoms with Crippen LogP contribution in [0.15, 0.2) is 48.5 Å². The number of amidine groups is 1. The highest BCUT2D eigenvalue weighted by Gasteiger charge is 2.06. The SMILES string of the molecule is CCN(Cc1ccc(C(=N)N)cc1)c1cccc(C)c1. The summed E-state index contributed by atoms with van der Waals surface area (Å²) in [6, 6.07) is 16.4. The summed E-state index contributed by atoms with van der Waals surface area (Å²) in [4.78, 5) is 2.33. The topological polar surface area (TPSA) is 53.1 Å². The van der Waals surface area contributed by atoms with E-state index >= 15 is 0 Å². The van der Waals surface area contributed by atoms with E-state index in [9.17, 15) is 0 Å². The van der Waals surface area contributed by atoms with Crippen LogP contribution in [0.4, 0.5) is 5.69 Å². The molecular formula is C17H21N3. The zero-order chi connectivity index (χ0) is 14.5. The van der Waals surface area contributed by atoms with Gasteiger partial charge in [0.15, 0.2) is 0 Å². The third-order valence-electron chi connectivity index (χ3n) is 3.39. The van der Waals surface area contributed by atoms with Crippen molar-refractivity contribution in [3.63, 3.8) is 0 Å². The van der Waals surface area contributed by atoms with E-state index in [4.69, 9.17) is 11.1 Å². The molecule has 3 N–H and O–H groups in total. The van der Waals surface area contributed by atoms with Crippen molar-refractivity contribution in [1.82, 2.24) is 0 Å². The largest absolute Gasteiger partial charge is 0.384 e. The molecule has 0 aliphatic carbocycles. The van der Waals surface area contributed by atoms with E-state index in [1.807, 2.05) is 24.3 Å². The molecule has 3 heteroatoms. The standard InChI is InChI=1S/C17H21N3/c1-3-20(16-6-4-5-13(2)11-16)12-14-7-9-15(10-8-14)17(18)19/h4-11H,3,12H2,1-2H3,(H3,18,19). The molecular weight excluding hydrogens is 246 g/mol. The van der Waals surface area contributed by atoms with Gasteiger partial charge in [-0.3, -0.25) is 5.41 Å². The Morgan fingerprint density at radius 2 is 1.85 bits per heavy atom. The molecule has 0 bridgehead atoms. The van der Waals surface area contributed by atoms with E-state index in [0.29, 0.717) is 0 Å². The van der Waals surface area contributed by atoms with E-state index in [0.717, 1.165) is 18.7 Å². The van der Waals surface area contributed by atoms with Crippen LogP contribution in [0.25, 0.3) is 0 Å². The summed E-state index contributed by atoms with van der Waals surface area (Å²) in [6.07, 6.45) is 0. The molecule has 2 aromatic carbocycles. The van der Waals surface area contributed by atoms with Gasteiger partial charge >= 0.3 is 0 Å². The molecule has 0 heterocycles. The number of rotatable bonds is 5. The zero-order valence-corrected chi connectivity index (χ0v) is 12.1. The molecule has 0 unspecified atom stereocenters. The molecule has 2 aromatic rings. The minimum absolute atomic E-state index is 0.114. The first kappa shape index (κ1) is 14.1. The molecule has 0 saturated carbocycles. The van der Waals surface area contributed by atoms with Crippen molar-refractivity contribution in [1.29, 1.82) is 5.41 Å². The van der Waals surface area contributed by atoms with Crippen molar-refractivity contribution >= 4 is 11.5 Å². The summed E-state index contributed by atoms with van der Waals surface area (Å²) in [6.45, 7) is 6.08. The van der Waals surface area contributed by atoms with E-state index in [2.05, 4.69) is 43.0 Å². The fourth-order valence-corrected chi connectivity index (χ4v) is 2.22. The van der Waals surface area contributed by atoms with Gasteiger partial charge in [-0.05, 0) is 37.1 Å². The molecule has 0 aliphatic rings. The van der Waals surface area contributed by atoms with Gasteiger partial charge in [0.25, 0.3) is 0 Å². The number of benzene rings is 2. The Balaban J connectivity index is 2.16. The van der Waals surface area contributed by atoms with Gasteiger partial charge < -0.3 is 10.6 Å². The third-order valence-corrected chi connectivity index (χ3v) is 3.39. The molecule has 0 atom stereocenters. The summed E-state index contributed by atoms with van der Waals surface area (Å²) in [7, 11) is 0. The molecule has 0 spiro atoms. The number of hydrogen-bond donors (Lipinski definition) is 2. The second kappa shape index (κ2) is 6.24. The minimum atomic E-state index is 0.114. The number of nitrogens with one attached hydrogen (secondary N) is 1. The van der Waals surface area contributed by atoms with Gasteiger partial charge in [-0.2, -0.15) is 0 Å². The lowest BCUT2D eigenvalue weighted by atomic mass is 10.1. The quantitative estimate of drug-likeness (QED) is 0.645. The molecule has 0 fully saturated rings. The molecule has 0 radical (unpaired) electrons. The minimum Gasteiger partial charge on any atom is -0.384 e. The summed E-state index contributed by atoms with van der Waals surface area (Å²) in [5.74, 6) is 0.114. The molecule has 0 amide bonds. The Labute approximate surface area is 120 Å². The number of nitrogen functional groups attached to an aromatic ring is 1. The van der Waals surface area contributed by atoms with Gasteiger partial charge in [-0.25, -0.2) is 0 Å². The number of hydrogen-bond acceptors (Lipinski definition) is 2. The van der Waals surface area contributed by atoms with Crippen molar-refractivity contribution in [3.8, 4) is 0 Å². The van der Waals surface area contributed by atoms with Gasteiger partial charge in [0, 0.05) is 24.3 Å². The van der Waals surface area contributed by atoms with Crippen LogP contribution in [0, 0.1) is 12.3 Å². The zero-order valence-electron chi connectivity index (χ0n) is 12.1. The molecule has 0 aliphatic heterocycles. The normalized spacial score (nSPS) is 10.3. The van der Waals surface area contributed by atoms with Gasteiger partial charge in [-0.15, -0.1) is 0 Å². The summed E-state index contributed by atoms with van der Waals surface area (Å²) >= 11 is 0. The van der Waals surface area contributed by atoms with Crippen LogP contribution in [0.3, 0.4) is 0 Å². The van der Waals surface area contributed by atoms with Crippen LogP contribution in [0.1, 0.15) is 23.6 Å². The van der Waals surface area contributed by atoms with E-state index in [1.165, 1.54) is 16.8 Å². The smallest absolute Gasteiger partial charge is 0.122 e. The van der Waals surface area contributed by atoms with Crippen LogP contribution in [-0.4, -0.2) is 12.4 Å². The predicted molar refractivity (Wildman–Crippen MR) is 85.4 cm³/mol. The summed E-state index contributed by atoms with van der Waals surface area (Å²) in [5.41, 5.74) is 9.97. The van der Waals surface area contributed by atoms with Gasteiger partial charge in [-0.1, -0.05) is 36.4 Å². The highest BCUT2D eigenvalue weighted by molar-refractivity contribution is 5.94. The van der Waals surface area contributed by atoms with Crippen LogP contribution in [0.2, 0.25) is 0 Å². The van der Waals surface area contributed by atoms with Gasteiger partial charge in [0.05, 0.1) is 0 Å². The molecule has 0 saturated heterocycles. The molecule has 3 nitrogen and oxygen atoms in total. The highest BCUT2D eigenvalue weighted by atomic mass is 15.1. The van der Waals surface area contributed by atoms with E-state index < -0.39 is 0 Å². The van der Waals surface area contributed by atoms with Gasteiger partial charge in [0.2, 0.25) is 0 Å². The Morgan fingerprint density at radius 3 is 2.40 bits per heavy atom. The average Bonchev–Trinajstić information content (AvgIpc) is 2.45. The Hall–Kier alpha value is -2.29. The van der Waals surface area contributed by atoms with E-state index in [-0.39, 0.29) is 5.84 Å². The fourth-order valence-electron chi connectivity index (χ4n) is 2.22. The first-order valence-electron chi connectivity index (χ1n) is 6.85. The maximum Gasteiger partial charge on any atom is 0.122 e. The maximum atomic E-state index is 7.41. The Bertz CT molecular complexity index is 587. The predicted octanol–water partition coefficient (Wildman–Crippen LogP) is 3.31. The first-order valence-corrected chi connectivity index (χ1v) is 6.85. The third kappa shape index (κ3) is 3.38. The average molecular weight is 267 g/mol. The second-order valence-electron chi connectivity index (χ2n) is 4.96. The molecule has 104 valence electrons. The van der Waals surface area contributed by atoms with Crippen molar-refractivity contribution in [2.75, 3.05) is 11.4 Å². The highest BCUT2D eigenvalue weighted by Crippen LogP contribution is 2.18. The summed E-state index contributed by atoms with van der Waals surface area (Å²) < 4.78 is 0. The monoisotopic (exact) mass is 267 g/mol. The number of nitrogens with zero attached hydrogens (tertiary/aromatic N) is 1. The molecule has 20 heavy (non-hydrogen) atoms. The van der Waals surface area contributed by atoms with Crippen molar-refractivity contribution in [2.45, 2.75) is 20.4 Å². The van der Waals surface area contributed by atoms with Gasteiger partial charge in [0.1, 0.15) is 5.84 Å². The van der Waals surface area contributed by atoms with Crippen molar-refractivity contribution in [3.05, 3.63) is 65.2 Å². The number of aryl methyl sites for hydroxylation is 1. The summed E-state index contributed by atoms with van der Waals surface area (Å²) in [5, 5.41) is 7.41. The lowest BCUT2D eigenvalue weighted by molar-refractivity contribution is 0.831. The second-order valence-corrected chi connectivity index (χ2v) is 4.96. The first-order chi connectivity index (χ1) is 9.60. The Kier molecular flexibility index (Phi) is 4.41. The lowest BCUT2D eigenvalue weighted by Crippen LogP contribution is -2.22. The Morgan fingerprint density at radius 1 is 1.15 bits per heavy atom. The fraction of sp³-hybridized carbons (Fsp3) is 0.235. The molecule has 0 aromatic heterocycles. The van der Waals surface area contributed by atoms with Crippen molar-refractivity contribution in [2.24, 2.45) is 5.73 Å². The van der Waals surface area contributed by atoms with Crippen LogP contribution in [-0.2, 0) is 6.54 Å². The number of nitrogens with two attached hydrogens (primary N) is 1. The van der Waals surface area contributed by atoms with Crippen LogP contribution in [0.5, 0.6) is 0 Å². The van der Waals surface area contributed by atoms with Crippen molar-refractivity contribution < 1.29 is 0 Å². The molecule has 2 rings (SSSR count). The van der Waals surface area contributed by atoms with E-state index in [1.54, 1.807) is 0 Å². The lowest BCUT2D eigenvalue weighted by Gasteiger charge is -2.23. The van der Waals surface area contributed by atoms with Crippen LogP contribution < -0.4 is 10.6 Å². The maximum absolute atomic E-state index is 7.41.